The molecule has 1 fully saturated rings. The number of ether oxygens (including phenoxy) is 1. The van der Waals surface area contributed by atoms with E-state index >= 15 is 0 Å². The van der Waals surface area contributed by atoms with Crippen molar-refractivity contribution in [2.45, 2.75) is 43.7 Å². The second-order valence-corrected chi connectivity index (χ2v) is 8.86. The van der Waals surface area contributed by atoms with Crippen molar-refractivity contribution in [3.05, 3.63) is 30.3 Å². The number of likely N-dealkylation sites (tertiary alicyclic amines) is 1. The molecule has 0 bridgehead atoms. The zero-order valence-corrected chi connectivity index (χ0v) is 14.7. The number of benzene rings is 1. The predicted octanol–water partition coefficient (Wildman–Crippen LogP) is 1.33. The van der Waals surface area contributed by atoms with Gasteiger partial charge in [0.25, 0.3) is 0 Å². The van der Waals surface area contributed by atoms with Gasteiger partial charge in [-0.25, -0.2) is 0 Å². The molecule has 1 N–H and O–H groups in total. The average molecular weight is 370 g/mol. The number of rotatable bonds is 3. The molecule has 0 spiro atoms. The van der Waals surface area contributed by atoms with E-state index in [0.29, 0.717) is 6.42 Å². The number of carbonyl (C=O) groups excluding carboxylic acids is 2. The second-order valence-electron chi connectivity index (χ2n) is 6.18. The van der Waals surface area contributed by atoms with Crippen LogP contribution in [0.4, 0.5) is 4.79 Å². The zero-order chi connectivity index (χ0) is 16.3. The van der Waals surface area contributed by atoms with Crippen LogP contribution < -0.4 is 4.46 Å². The van der Waals surface area contributed by atoms with Crippen LogP contribution in [0.1, 0.15) is 27.2 Å². The minimum atomic E-state index is -0.667. The van der Waals surface area contributed by atoms with Crippen molar-refractivity contribution in [2.75, 3.05) is 6.61 Å². The summed E-state index contributed by atoms with van der Waals surface area (Å²) < 4.78 is 6.39. The molecular formula is C16H21NO4Se. The van der Waals surface area contributed by atoms with Gasteiger partial charge in [-0.1, -0.05) is 0 Å². The van der Waals surface area contributed by atoms with Gasteiger partial charge in [0.05, 0.1) is 0 Å². The third-order valence-electron chi connectivity index (χ3n) is 3.19. The van der Waals surface area contributed by atoms with E-state index in [4.69, 9.17) is 4.74 Å². The maximum absolute atomic E-state index is 12.5. The number of aliphatic hydroxyl groups is 1. The molecule has 0 saturated carbocycles. The van der Waals surface area contributed by atoms with Crippen LogP contribution in [0.25, 0.3) is 0 Å². The molecule has 0 radical (unpaired) electrons. The predicted molar refractivity (Wildman–Crippen MR) is 84.2 cm³/mol. The number of carbonyl (C=O) groups is 2. The zero-order valence-electron chi connectivity index (χ0n) is 13.0. The van der Waals surface area contributed by atoms with Crippen molar-refractivity contribution in [2.24, 2.45) is 0 Å². The van der Waals surface area contributed by atoms with E-state index in [1.54, 1.807) is 20.8 Å². The molecule has 120 valence electrons. The van der Waals surface area contributed by atoms with Crippen molar-refractivity contribution < 1.29 is 19.4 Å². The second kappa shape index (κ2) is 6.82. The third kappa shape index (κ3) is 4.09. The summed E-state index contributed by atoms with van der Waals surface area (Å²) >= 11 is -0.0669. The van der Waals surface area contributed by atoms with E-state index in [1.165, 1.54) is 0 Å². The van der Waals surface area contributed by atoms with Crippen molar-refractivity contribution in [3.8, 4) is 0 Å². The average Bonchev–Trinajstić information content (AvgIpc) is 2.75. The first-order valence-corrected chi connectivity index (χ1v) is 9.05. The van der Waals surface area contributed by atoms with Crippen LogP contribution in [-0.4, -0.2) is 55.2 Å². The number of imide groups is 1. The fraction of sp³-hybridized carbons (Fsp3) is 0.500. The summed E-state index contributed by atoms with van der Waals surface area (Å²) in [6.45, 7) is 5.03. The summed E-state index contributed by atoms with van der Waals surface area (Å²) in [5.74, 6) is -0.239. The van der Waals surface area contributed by atoms with E-state index in [9.17, 15) is 14.7 Å². The number of nitrogens with zero attached hydrogens (tertiary/aromatic N) is 1. The van der Waals surface area contributed by atoms with Crippen LogP contribution in [0.3, 0.4) is 0 Å². The summed E-state index contributed by atoms with van der Waals surface area (Å²) in [6, 6.07) is 9.28. The molecule has 1 saturated heterocycles. The minimum absolute atomic E-state index is 0.0669. The van der Waals surface area contributed by atoms with Gasteiger partial charge < -0.3 is 0 Å². The van der Waals surface area contributed by atoms with Gasteiger partial charge in [-0.15, -0.1) is 0 Å². The first-order chi connectivity index (χ1) is 10.3. The first-order valence-electron chi connectivity index (χ1n) is 7.20. The summed E-state index contributed by atoms with van der Waals surface area (Å²) in [7, 11) is 0. The Morgan fingerprint density at radius 3 is 2.55 bits per heavy atom. The van der Waals surface area contributed by atoms with Gasteiger partial charge in [0.2, 0.25) is 0 Å². The Kier molecular flexibility index (Phi) is 5.27. The molecule has 0 aromatic heterocycles. The van der Waals surface area contributed by atoms with E-state index < -0.39 is 17.7 Å². The van der Waals surface area contributed by atoms with E-state index in [-0.39, 0.29) is 32.3 Å². The van der Waals surface area contributed by atoms with Crippen LogP contribution in [0.5, 0.6) is 0 Å². The SMILES string of the molecule is CC(C)(C)OC(=O)N1C(=O)[C@H]([Se]c2ccccc2)C[C@H]1CO. The Balaban J connectivity index is 2.11. The Morgan fingerprint density at radius 2 is 2.00 bits per heavy atom. The summed E-state index contributed by atoms with van der Waals surface area (Å²) in [5, 5.41) is 9.49. The quantitative estimate of drug-likeness (QED) is 0.816. The molecule has 6 heteroatoms. The third-order valence-corrected chi connectivity index (χ3v) is 5.75. The van der Waals surface area contributed by atoms with Gasteiger partial charge in [0, 0.05) is 0 Å². The van der Waals surface area contributed by atoms with E-state index in [0.717, 1.165) is 9.36 Å². The molecule has 1 heterocycles. The normalized spacial score (nSPS) is 22.0. The van der Waals surface area contributed by atoms with Crippen LogP contribution in [0.2, 0.25) is 4.82 Å². The van der Waals surface area contributed by atoms with Gasteiger partial charge in [-0.2, -0.15) is 0 Å². The molecule has 1 aromatic carbocycles. The molecule has 2 amide bonds. The fourth-order valence-electron chi connectivity index (χ4n) is 2.26. The van der Waals surface area contributed by atoms with Crippen molar-refractivity contribution in [1.82, 2.24) is 4.90 Å². The number of hydrogen-bond donors (Lipinski definition) is 1. The van der Waals surface area contributed by atoms with Crippen LogP contribution in [-0.2, 0) is 9.53 Å². The number of amides is 2. The molecule has 0 unspecified atom stereocenters. The molecule has 2 rings (SSSR count). The standard InChI is InChI=1S/C16H21NO4Se/c1-16(2,3)21-15(20)17-11(10-18)9-13(14(17)19)22-12-7-5-4-6-8-12/h4-8,11,13,18H,9-10H2,1-3H3/t11-,13+/m0/s1. The maximum atomic E-state index is 12.5. The van der Waals surface area contributed by atoms with Gasteiger partial charge >= 0.3 is 136 Å². The molecule has 22 heavy (non-hydrogen) atoms. The first kappa shape index (κ1) is 17.0. The topological polar surface area (TPSA) is 66.8 Å². The number of aliphatic hydroxyl groups excluding tert-OH is 1. The summed E-state index contributed by atoms with van der Waals surface area (Å²) in [5.41, 5.74) is -0.667. The van der Waals surface area contributed by atoms with E-state index in [1.807, 2.05) is 30.3 Å². The van der Waals surface area contributed by atoms with Gasteiger partial charge in [0.15, 0.2) is 0 Å². The van der Waals surface area contributed by atoms with Crippen molar-refractivity contribution in [1.29, 1.82) is 0 Å². The van der Waals surface area contributed by atoms with Crippen LogP contribution >= 0.6 is 0 Å². The van der Waals surface area contributed by atoms with Crippen molar-refractivity contribution >= 4 is 31.4 Å². The Labute approximate surface area is 136 Å². The Bertz CT molecular complexity index is 541. The monoisotopic (exact) mass is 371 g/mol. The van der Waals surface area contributed by atoms with Gasteiger partial charge in [-0.3, -0.25) is 0 Å². The van der Waals surface area contributed by atoms with E-state index in [2.05, 4.69) is 0 Å². The Hall–Kier alpha value is -1.36. The molecule has 1 aromatic rings. The fourth-order valence-corrected chi connectivity index (χ4v) is 4.72. The molecular weight excluding hydrogens is 349 g/mol. The van der Waals surface area contributed by atoms with Gasteiger partial charge in [-0.05, 0) is 0 Å². The van der Waals surface area contributed by atoms with Crippen LogP contribution in [0.15, 0.2) is 30.3 Å². The molecule has 1 aliphatic rings. The van der Waals surface area contributed by atoms with Gasteiger partial charge in [0.1, 0.15) is 0 Å². The molecule has 1 aliphatic heterocycles. The molecule has 0 aliphatic carbocycles. The van der Waals surface area contributed by atoms with Crippen LogP contribution in [0, 0.1) is 0 Å². The Morgan fingerprint density at radius 1 is 1.36 bits per heavy atom. The summed E-state index contributed by atoms with van der Waals surface area (Å²) in [6.07, 6.45) is -0.174. The summed E-state index contributed by atoms with van der Waals surface area (Å²) in [4.78, 5) is 25.6. The van der Waals surface area contributed by atoms with Crippen molar-refractivity contribution in [3.63, 3.8) is 0 Å². The molecule has 2 atom stereocenters. The molecule has 5 nitrogen and oxygen atoms in total. The number of hydrogen-bond acceptors (Lipinski definition) is 4.